The first kappa shape index (κ1) is 15.9. The Bertz CT molecular complexity index is 336. The third kappa shape index (κ3) is 4.76. The van der Waals surface area contributed by atoms with Gasteiger partial charge in [0, 0.05) is 5.60 Å². The van der Waals surface area contributed by atoms with E-state index in [4.69, 9.17) is 9.69 Å². The first-order valence-corrected chi connectivity index (χ1v) is 8.57. The number of nitrogens with zero attached hydrogens (tertiary/aromatic N) is 1. The van der Waals surface area contributed by atoms with Crippen LogP contribution in [0.15, 0.2) is 25.0 Å². The smallest absolute Gasteiger partial charge is 0.249 e. The van der Waals surface area contributed by atoms with E-state index in [-0.39, 0.29) is 11.5 Å². The standard InChI is InChI=1S/C13H22NO2Si/c1-7-8-13(15,11-14)9-10-16-17(5,6)12(2,3)4/h7,9-10H,1,8H2,2-6H3/q-1/b10-9+. The molecule has 0 spiro atoms. The van der Waals surface area contributed by atoms with Crippen molar-refractivity contribution in [1.82, 2.24) is 0 Å². The molecule has 0 aliphatic rings. The normalized spacial score (nSPS) is 16.3. The molecule has 0 rings (SSSR count). The van der Waals surface area contributed by atoms with Crippen LogP contribution in [0.1, 0.15) is 27.2 Å². The van der Waals surface area contributed by atoms with Gasteiger partial charge in [-0.3, -0.25) is 0 Å². The summed E-state index contributed by atoms with van der Waals surface area (Å²) in [5.41, 5.74) is -1.76. The first-order valence-electron chi connectivity index (χ1n) is 5.66. The summed E-state index contributed by atoms with van der Waals surface area (Å²) in [4.78, 5) is 0. The maximum Gasteiger partial charge on any atom is 0.249 e. The van der Waals surface area contributed by atoms with Crippen molar-refractivity contribution in [3.05, 3.63) is 25.0 Å². The summed E-state index contributed by atoms with van der Waals surface area (Å²) in [6.45, 7) is 14.0. The van der Waals surface area contributed by atoms with Gasteiger partial charge in [-0.25, -0.2) is 0 Å². The molecule has 0 fully saturated rings. The van der Waals surface area contributed by atoms with Gasteiger partial charge in [0.25, 0.3) is 0 Å². The summed E-state index contributed by atoms with van der Waals surface area (Å²) < 4.78 is 5.71. The monoisotopic (exact) mass is 252 g/mol. The molecule has 0 saturated carbocycles. The van der Waals surface area contributed by atoms with Crippen molar-refractivity contribution in [1.29, 1.82) is 5.26 Å². The Balaban J connectivity index is 4.68. The Hall–Kier alpha value is -1.05. The highest BCUT2D eigenvalue weighted by Crippen LogP contribution is 2.36. The molecule has 0 aliphatic heterocycles. The fourth-order valence-corrected chi connectivity index (χ4v) is 1.62. The van der Waals surface area contributed by atoms with Crippen molar-refractivity contribution < 1.29 is 9.53 Å². The van der Waals surface area contributed by atoms with Crippen molar-refractivity contribution in [3.63, 3.8) is 0 Å². The zero-order chi connectivity index (χ0) is 13.7. The minimum atomic E-state index is -1.90. The van der Waals surface area contributed by atoms with Gasteiger partial charge in [0.05, 0.1) is 12.3 Å². The second kappa shape index (κ2) is 5.52. The van der Waals surface area contributed by atoms with Crippen LogP contribution >= 0.6 is 0 Å². The predicted octanol–water partition coefficient (Wildman–Crippen LogP) is 2.72. The molecule has 0 aromatic rings. The van der Waals surface area contributed by atoms with Gasteiger partial charge in [-0.05, 0) is 30.6 Å². The zero-order valence-corrected chi connectivity index (χ0v) is 12.4. The molecule has 96 valence electrons. The van der Waals surface area contributed by atoms with Gasteiger partial charge in [0.15, 0.2) is 0 Å². The zero-order valence-electron chi connectivity index (χ0n) is 11.4. The van der Waals surface area contributed by atoms with Crippen LogP contribution in [-0.2, 0) is 4.43 Å². The van der Waals surface area contributed by atoms with Gasteiger partial charge < -0.3 is 9.53 Å². The summed E-state index contributed by atoms with van der Waals surface area (Å²) >= 11 is 0. The topological polar surface area (TPSA) is 56.1 Å². The fraction of sp³-hybridized carbons (Fsp3) is 0.615. The van der Waals surface area contributed by atoms with Gasteiger partial charge in [0.1, 0.15) is 0 Å². The molecule has 3 nitrogen and oxygen atoms in total. The molecule has 0 saturated heterocycles. The third-order valence-electron chi connectivity index (χ3n) is 3.14. The lowest BCUT2D eigenvalue weighted by Crippen LogP contribution is -2.41. The van der Waals surface area contributed by atoms with Gasteiger partial charge in [-0.15, -0.1) is 6.58 Å². The van der Waals surface area contributed by atoms with Crippen molar-refractivity contribution >= 4 is 8.32 Å². The summed E-state index contributed by atoms with van der Waals surface area (Å²) in [6.07, 6.45) is 4.22. The van der Waals surface area contributed by atoms with E-state index < -0.39 is 13.9 Å². The quantitative estimate of drug-likeness (QED) is 0.429. The summed E-state index contributed by atoms with van der Waals surface area (Å²) in [6, 6.07) is 1.73. The van der Waals surface area contributed by atoms with E-state index in [1.807, 2.05) is 0 Å². The lowest BCUT2D eigenvalue weighted by molar-refractivity contribution is -0.436. The van der Waals surface area contributed by atoms with Crippen LogP contribution in [0.2, 0.25) is 18.1 Å². The van der Waals surface area contributed by atoms with Crippen LogP contribution in [0.25, 0.3) is 0 Å². The number of hydrogen-bond acceptors (Lipinski definition) is 3. The predicted molar refractivity (Wildman–Crippen MR) is 70.6 cm³/mol. The Labute approximate surface area is 106 Å². The molecular weight excluding hydrogens is 230 g/mol. The lowest BCUT2D eigenvalue weighted by Gasteiger charge is -2.36. The maximum absolute atomic E-state index is 11.8. The molecule has 0 amide bonds. The van der Waals surface area contributed by atoms with Crippen molar-refractivity contribution in [2.24, 2.45) is 0 Å². The number of hydrogen-bond donors (Lipinski definition) is 0. The van der Waals surface area contributed by atoms with Crippen molar-refractivity contribution in [3.8, 4) is 6.07 Å². The van der Waals surface area contributed by atoms with Crippen LogP contribution in [0.5, 0.6) is 0 Å². The molecule has 0 aliphatic carbocycles. The van der Waals surface area contributed by atoms with Crippen molar-refractivity contribution in [2.75, 3.05) is 0 Å². The minimum absolute atomic E-state index is 0.0773. The largest absolute Gasteiger partial charge is 0.835 e. The number of rotatable bonds is 5. The molecule has 0 N–H and O–H groups in total. The molecule has 0 aromatic carbocycles. The molecule has 4 heteroatoms. The summed E-state index contributed by atoms with van der Waals surface area (Å²) in [7, 11) is -1.90. The van der Waals surface area contributed by atoms with E-state index in [1.165, 1.54) is 18.4 Å². The second-order valence-corrected chi connectivity index (χ2v) is 10.4. The van der Waals surface area contributed by atoms with Crippen molar-refractivity contribution in [2.45, 2.75) is 50.9 Å². The molecular formula is C13H22NO2Si-. The van der Waals surface area contributed by atoms with Gasteiger partial charge in [0.2, 0.25) is 8.32 Å². The van der Waals surface area contributed by atoms with Crippen LogP contribution in [0, 0.1) is 11.3 Å². The molecule has 1 unspecified atom stereocenters. The third-order valence-corrected chi connectivity index (χ3v) is 7.48. The Kier molecular flexibility index (Phi) is 5.18. The fourth-order valence-electron chi connectivity index (χ4n) is 0.856. The van der Waals surface area contributed by atoms with Gasteiger partial charge >= 0.3 is 0 Å². The average molecular weight is 252 g/mol. The Morgan fingerprint density at radius 2 is 1.94 bits per heavy atom. The first-order chi connectivity index (χ1) is 7.58. The van der Waals surface area contributed by atoms with E-state index in [9.17, 15) is 5.11 Å². The minimum Gasteiger partial charge on any atom is -0.835 e. The molecule has 0 aromatic heterocycles. The average Bonchev–Trinajstić information content (AvgIpc) is 2.16. The Morgan fingerprint density at radius 3 is 2.29 bits per heavy atom. The van der Waals surface area contributed by atoms with Gasteiger partial charge in [-0.1, -0.05) is 26.8 Å². The molecule has 1 atom stereocenters. The second-order valence-electron chi connectivity index (χ2n) is 5.68. The Morgan fingerprint density at radius 1 is 1.41 bits per heavy atom. The van der Waals surface area contributed by atoms with Crippen LogP contribution < -0.4 is 5.11 Å². The highest BCUT2D eigenvalue weighted by atomic mass is 28.4. The van der Waals surface area contributed by atoms with Crippen LogP contribution in [0.4, 0.5) is 0 Å². The molecule has 0 radical (unpaired) electrons. The lowest BCUT2D eigenvalue weighted by atomic mass is 10.0. The van der Waals surface area contributed by atoms with Gasteiger partial charge in [-0.2, -0.15) is 5.26 Å². The van der Waals surface area contributed by atoms with E-state index in [0.717, 1.165) is 0 Å². The van der Waals surface area contributed by atoms with E-state index in [2.05, 4.69) is 40.4 Å². The van der Waals surface area contributed by atoms with Crippen LogP contribution in [-0.4, -0.2) is 13.9 Å². The van der Waals surface area contributed by atoms with E-state index >= 15 is 0 Å². The summed E-state index contributed by atoms with van der Waals surface area (Å²) in [5.74, 6) is 0. The number of nitriles is 1. The van der Waals surface area contributed by atoms with Crippen LogP contribution in [0.3, 0.4) is 0 Å². The van der Waals surface area contributed by atoms with E-state index in [0.29, 0.717) is 0 Å². The highest BCUT2D eigenvalue weighted by Gasteiger charge is 2.37. The molecule has 0 heterocycles. The summed E-state index contributed by atoms with van der Waals surface area (Å²) in [5, 5.41) is 20.7. The van der Waals surface area contributed by atoms with E-state index in [1.54, 1.807) is 6.07 Å². The molecule has 17 heavy (non-hydrogen) atoms. The maximum atomic E-state index is 11.8. The SMILES string of the molecule is C=CCC([O-])(C#N)/C=C/O[Si](C)(C)C(C)(C)C. The molecule has 0 bridgehead atoms. The highest BCUT2D eigenvalue weighted by molar-refractivity contribution is 6.74.